The largest absolute Gasteiger partial charge is 0.418 e. The standard InChI is InChI=1S/C29H25F7N2O3S/c30-19-4-1-3-18(15-19)24(40)17-37-20-5-2-6-21(16-20)42-25-8-7-22(23(39)9-10-38-11-13-41-14-12-38)26(28(31,32)33)27(25)29(34,35)36/h1-10,15-16,24,37,40H,11-14,17H2. The van der Waals surface area contributed by atoms with Gasteiger partial charge in [-0.05, 0) is 48.0 Å². The summed E-state index contributed by atoms with van der Waals surface area (Å²) in [6.07, 6.45) is -9.93. The highest BCUT2D eigenvalue weighted by Crippen LogP contribution is 2.48. The van der Waals surface area contributed by atoms with Crippen molar-refractivity contribution in [2.45, 2.75) is 28.2 Å². The second kappa shape index (κ2) is 13.2. The van der Waals surface area contributed by atoms with Gasteiger partial charge in [0.15, 0.2) is 5.78 Å². The number of carbonyl (C=O) groups excluding carboxylic acids is 1. The van der Waals surface area contributed by atoms with E-state index < -0.39 is 51.6 Å². The molecule has 5 nitrogen and oxygen atoms in total. The van der Waals surface area contributed by atoms with Gasteiger partial charge in [0.05, 0.1) is 30.4 Å². The van der Waals surface area contributed by atoms with Crippen molar-refractivity contribution in [3.63, 3.8) is 0 Å². The molecule has 0 aliphatic carbocycles. The van der Waals surface area contributed by atoms with Crippen LogP contribution in [0.4, 0.5) is 36.4 Å². The van der Waals surface area contributed by atoms with E-state index in [1.54, 1.807) is 11.0 Å². The number of aliphatic hydroxyl groups is 1. The number of nitrogens with zero attached hydrogens (tertiary/aromatic N) is 1. The molecule has 1 fully saturated rings. The minimum atomic E-state index is -5.48. The lowest BCUT2D eigenvalue weighted by Crippen LogP contribution is -2.32. The van der Waals surface area contributed by atoms with Gasteiger partial charge in [-0.25, -0.2) is 4.39 Å². The van der Waals surface area contributed by atoms with Crippen molar-refractivity contribution in [2.75, 3.05) is 38.2 Å². The van der Waals surface area contributed by atoms with Crippen LogP contribution < -0.4 is 5.32 Å². The van der Waals surface area contributed by atoms with E-state index in [0.717, 1.165) is 24.3 Å². The Morgan fingerprint density at radius 2 is 1.67 bits per heavy atom. The smallest absolute Gasteiger partial charge is 0.387 e. The first-order valence-corrected chi connectivity index (χ1v) is 13.5. The van der Waals surface area contributed by atoms with Crippen molar-refractivity contribution < 1.29 is 45.4 Å². The van der Waals surface area contributed by atoms with Gasteiger partial charge in [-0.15, -0.1) is 0 Å². The molecule has 3 aromatic carbocycles. The molecule has 0 radical (unpaired) electrons. The predicted molar refractivity (Wildman–Crippen MR) is 143 cm³/mol. The van der Waals surface area contributed by atoms with Crippen LogP contribution in [0.5, 0.6) is 0 Å². The maximum atomic E-state index is 14.2. The van der Waals surface area contributed by atoms with Crippen molar-refractivity contribution in [3.8, 4) is 0 Å². The molecule has 1 aliphatic rings. The fourth-order valence-electron chi connectivity index (χ4n) is 4.28. The zero-order valence-corrected chi connectivity index (χ0v) is 22.6. The predicted octanol–water partition coefficient (Wildman–Crippen LogP) is 7.19. The number of ketones is 1. The Morgan fingerprint density at radius 1 is 0.976 bits per heavy atom. The second-order valence-electron chi connectivity index (χ2n) is 9.27. The van der Waals surface area contributed by atoms with Crippen LogP contribution in [0.2, 0.25) is 0 Å². The van der Waals surface area contributed by atoms with Gasteiger partial charge < -0.3 is 20.1 Å². The average Bonchev–Trinajstić information content (AvgIpc) is 2.94. The van der Waals surface area contributed by atoms with Crippen molar-refractivity contribution in [3.05, 3.63) is 101 Å². The molecule has 13 heteroatoms. The molecular formula is C29H25F7N2O3S. The number of benzene rings is 3. The van der Waals surface area contributed by atoms with Gasteiger partial charge in [-0.1, -0.05) is 30.0 Å². The first-order chi connectivity index (χ1) is 19.8. The van der Waals surface area contributed by atoms with Crippen LogP contribution in [0.3, 0.4) is 0 Å². The van der Waals surface area contributed by atoms with Gasteiger partial charge in [0, 0.05) is 53.0 Å². The molecule has 4 rings (SSSR count). The molecule has 1 unspecified atom stereocenters. The number of aliphatic hydroxyl groups excluding tert-OH is 1. The highest BCUT2D eigenvalue weighted by atomic mass is 32.2. The highest BCUT2D eigenvalue weighted by Gasteiger charge is 2.47. The molecule has 3 aromatic rings. The van der Waals surface area contributed by atoms with E-state index in [-0.39, 0.29) is 11.4 Å². The Hall–Kier alpha value is -3.55. The molecular weight excluding hydrogens is 589 g/mol. The molecule has 1 heterocycles. The first kappa shape index (κ1) is 31.4. The molecule has 0 bridgehead atoms. The van der Waals surface area contributed by atoms with Crippen LogP contribution in [0.25, 0.3) is 0 Å². The van der Waals surface area contributed by atoms with E-state index in [1.165, 1.54) is 42.6 Å². The Bertz CT molecular complexity index is 1440. The zero-order chi connectivity index (χ0) is 30.5. The monoisotopic (exact) mass is 614 g/mol. The lowest BCUT2D eigenvalue weighted by molar-refractivity contribution is -0.163. The number of anilines is 1. The summed E-state index contributed by atoms with van der Waals surface area (Å²) in [4.78, 5) is 13.8. The maximum absolute atomic E-state index is 14.2. The fourth-order valence-corrected chi connectivity index (χ4v) is 5.32. The second-order valence-corrected chi connectivity index (χ2v) is 10.4. The first-order valence-electron chi connectivity index (χ1n) is 12.6. The van der Waals surface area contributed by atoms with Crippen molar-refractivity contribution in [1.82, 2.24) is 4.90 Å². The summed E-state index contributed by atoms with van der Waals surface area (Å²) < 4.78 is 104. The normalized spacial score (nSPS) is 15.2. The minimum absolute atomic E-state index is 0.0711. The van der Waals surface area contributed by atoms with E-state index in [4.69, 9.17) is 4.74 Å². The molecule has 0 amide bonds. The van der Waals surface area contributed by atoms with Crippen molar-refractivity contribution >= 4 is 23.2 Å². The van der Waals surface area contributed by atoms with Crippen LogP contribution >= 0.6 is 11.8 Å². The van der Waals surface area contributed by atoms with Gasteiger partial charge in [-0.3, -0.25) is 4.79 Å². The highest BCUT2D eigenvalue weighted by molar-refractivity contribution is 7.99. The third kappa shape index (κ3) is 8.05. The van der Waals surface area contributed by atoms with Crippen molar-refractivity contribution in [2.24, 2.45) is 0 Å². The van der Waals surface area contributed by atoms with Gasteiger partial charge >= 0.3 is 12.4 Å². The van der Waals surface area contributed by atoms with Crippen LogP contribution in [0, 0.1) is 5.82 Å². The number of ether oxygens (including phenoxy) is 1. The summed E-state index contributed by atoms with van der Waals surface area (Å²) in [6.45, 7) is 1.40. The van der Waals surface area contributed by atoms with Gasteiger partial charge in [-0.2, -0.15) is 26.3 Å². The van der Waals surface area contributed by atoms with Gasteiger partial charge in [0.25, 0.3) is 0 Å². The summed E-state index contributed by atoms with van der Waals surface area (Å²) >= 11 is 0.451. The van der Waals surface area contributed by atoms with E-state index in [1.807, 2.05) is 0 Å². The Labute approximate surface area is 241 Å². The molecule has 0 aromatic heterocycles. The molecule has 1 saturated heterocycles. The molecule has 224 valence electrons. The number of carbonyl (C=O) groups is 1. The fraction of sp³-hybridized carbons (Fsp3) is 0.276. The van der Waals surface area contributed by atoms with Crippen LogP contribution in [-0.4, -0.2) is 48.6 Å². The summed E-state index contributed by atoms with van der Waals surface area (Å²) in [6, 6.07) is 12.8. The lowest BCUT2D eigenvalue weighted by Gasteiger charge is -2.25. The van der Waals surface area contributed by atoms with Crippen molar-refractivity contribution in [1.29, 1.82) is 0 Å². The number of nitrogens with one attached hydrogen (secondary N) is 1. The lowest BCUT2D eigenvalue weighted by atomic mass is 9.96. The third-order valence-corrected chi connectivity index (χ3v) is 7.33. The molecule has 0 spiro atoms. The van der Waals surface area contributed by atoms with E-state index in [9.17, 15) is 40.6 Å². The summed E-state index contributed by atoms with van der Waals surface area (Å²) in [5.74, 6) is -1.75. The molecule has 0 saturated carbocycles. The Kier molecular flexibility index (Phi) is 9.85. The molecule has 1 aliphatic heterocycles. The topological polar surface area (TPSA) is 61.8 Å². The molecule has 1 atom stereocenters. The third-order valence-electron chi connectivity index (χ3n) is 6.28. The number of morpholine rings is 1. The summed E-state index contributed by atoms with van der Waals surface area (Å²) in [5, 5.41) is 13.2. The number of rotatable bonds is 9. The molecule has 42 heavy (non-hydrogen) atoms. The summed E-state index contributed by atoms with van der Waals surface area (Å²) in [5.41, 5.74) is -4.45. The zero-order valence-electron chi connectivity index (χ0n) is 21.8. The maximum Gasteiger partial charge on any atom is 0.418 e. The van der Waals surface area contributed by atoms with E-state index in [2.05, 4.69) is 5.32 Å². The Morgan fingerprint density at radius 3 is 2.33 bits per heavy atom. The number of alkyl halides is 6. The number of hydrogen-bond acceptors (Lipinski definition) is 6. The minimum Gasteiger partial charge on any atom is -0.387 e. The number of hydrogen-bond donors (Lipinski definition) is 2. The van der Waals surface area contributed by atoms with E-state index in [0.29, 0.717) is 49.3 Å². The van der Waals surface area contributed by atoms with Crippen LogP contribution in [0.1, 0.15) is 33.2 Å². The SMILES string of the molecule is O=C(C=CN1CCOCC1)c1ccc(Sc2cccc(NCC(O)c3cccc(F)c3)c2)c(C(F)(F)F)c1C(F)(F)F. The molecule has 2 N–H and O–H groups in total. The van der Waals surface area contributed by atoms with Crippen LogP contribution in [0.15, 0.2) is 82.7 Å². The number of halogens is 7. The van der Waals surface area contributed by atoms with Gasteiger partial charge in [0.2, 0.25) is 0 Å². The quantitative estimate of drug-likeness (QED) is 0.151. The summed E-state index contributed by atoms with van der Waals surface area (Å²) in [7, 11) is 0. The number of allylic oxidation sites excluding steroid dienone is 1. The van der Waals surface area contributed by atoms with Gasteiger partial charge in [0.1, 0.15) is 5.82 Å². The average molecular weight is 615 g/mol. The van der Waals surface area contributed by atoms with Crippen LogP contribution in [-0.2, 0) is 17.1 Å². The Balaban J connectivity index is 1.61. The van der Waals surface area contributed by atoms with E-state index >= 15 is 0 Å².